The summed E-state index contributed by atoms with van der Waals surface area (Å²) in [7, 11) is 7.76. The van der Waals surface area contributed by atoms with Gasteiger partial charge in [-0.2, -0.15) is 0 Å². The van der Waals surface area contributed by atoms with Crippen molar-refractivity contribution in [2.45, 2.75) is 35.8 Å². The zero-order valence-corrected chi connectivity index (χ0v) is 36.7. The zero-order chi connectivity index (χ0) is 45.3. The van der Waals surface area contributed by atoms with Crippen LogP contribution in [0.15, 0.2) is 72.8 Å². The molecule has 1 amide bonds. The number of unbranched alkanes of at least 4 members (excludes halogenated alkanes) is 1. The maximum absolute atomic E-state index is 15.2. The Labute approximate surface area is 358 Å². The molecule has 0 saturated carbocycles. The number of benzene rings is 4. The quantitative estimate of drug-likeness (QED) is 0.0514. The van der Waals surface area contributed by atoms with Crippen LogP contribution in [0.3, 0.4) is 0 Å². The monoisotopic (exact) mass is 865 g/mol. The summed E-state index contributed by atoms with van der Waals surface area (Å²) in [6.07, 6.45) is 8.82. The Morgan fingerprint density at radius 1 is 0.574 bits per heavy atom. The van der Waals surface area contributed by atoms with E-state index in [-0.39, 0.29) is 11.4 Å². The molecule has 4 aromatic rings. The smallest absolute Gasteiger partial charge is 0.234 e. The number of hydrogen-bond donors (Lipinski definition) is 5. The van der Waals surface area contributed by atoms with E-state index >= 15 is 8.42 Å². The van der Waals surface area contributed by atoms with Crippen molar-refractivity contribution in [3.05, 3.63) is 95.1 Å². The molecule has 0 saturated heterocycles. The molecule has 0 bridgehead atoms. The van der Waals surface area contributed by atoms with E-state index < -0.39 is 32.3 Å². The second-order valence-corrected chi connectivity index (χ2v) is 15.5. The molecule has 2 unspecified atom stereocenters. The molecule has 0 aliphatic rings. The summed E-state index contributed by atoms with van der Waals surface area (Å²) in [5, 5.41) is -2.53. The van der Waals surface area contributed by atoms with Crippen LogP contribution in [0.4, 0.5) is 11.4 Å². The molecule has 10 N–H and O–H groups in total. The van der Waals surface area contributed by atoms with Gasteiger partial charge in [-0.25, -0.2) is 8.42 Å². The van der Waals surface area contributed by atoms with Crippen LogP contribution in [-0.2, 0) is 14.6 Å². The van der Waals surface area contributed by atoms with Gasteiger partial charge in [-0.05, 0) is 66.9 Å². The molecule has 17 heteroatoms. The summed E-state index contributed by atoms with van der Waals surface area (Å²) in [6, 6.07) is 15.9. The Kier molecular flexibility index (Phi) is 18.9. The molecular formula is C44H59N5O11S. The van der Waals surface area contributed by atoms with Crippen LogP contribution < -0.4 is 66.6 Å². The Balaban J connectivity index is 0.000000878. The number of carbonyl (C=O) groups excluding carboxylic acids is 1. The Bertz CT molecular complexity index is 2060. The first kappa shape index (κ1) is 49.1. The molecular weight excluding hydrogens is 807 g/mol. The van der Waals surface area contributed by atoms with Crippen LogP contribution in [0.5, 0.6) is 46.0 Å². The summed E-state index contributed by atoms with van der Waals surface area (Å²) in [4.78, 5) is 10.4. The summed E-state index contributed by atoms with van der Waals surface area (Å²) in [6.45, 7) is 0.644. The number of hydrogen-bond acceptors (Lipinski definition) is 15. The third kappa shape index (κ3) is 12.6. The van der Waals surface area contributed by atoms with Crippen molar-refractivity contribution in [3.8, 4) is 46.0 Å². The fraction of sp³-hybridized carbons (Fsp3) is 0.341. The van der Waals surface area contributed by atoms with Crippen LogP contribution >= 0.6 is 0 Å². The van der Waals surface area contributed by atoms with Gasteiger partial charge in [0.15, 0.2) is 9.84 Å². The molecule has 0 aromatic heterocycles. The van der Waals surface area contributed by atoms with E-state index in [0.717, 1.165) is 12.8 Å². The molecule has 4 aromatic carbocycles. The number of primary amides is 1. The van der Waals surface area contributed by atoms with Crippen LogP contribution in [0.2, 0.25) is 0 Å². The van der Waals surface area contributed by atoms with Crippen LogP contribution in [-0.4, -0.2) is 83.8 Å². The lowest BCUT2D eigenvalue weighted by molar-refractivity contribution is -0.119. The van der Waals surface area contributed by atoms with Crippen molar-refractivity contribution in [1.29, 1.82) is 0 Å². The van der Waals surface area contributed by atoms with Crippen molar-refractivity contribution in [2.24, 2.45) is 17.2 Å². The van der Waals surface area contributed by atoms with Crippen molar-refractivity contribution in [3.63, 3.8) is 0 Å². The van der Waals surface area contributed by atoms with E-state index in [2.05, 4.69) is 0 Å². The van der Waals surface area contributed by atoms with Gasteiger partial charge < -0.3 is 66.6 Å². The number of nitrogen functional groups attached to an aromatic ring is 2. The molecule has 0 fully saturated rings. The first-order valence-electron chi connectivity index (χ1n) is 19.0. The topological polar surface area (TPSA) is 255 Å². The summed E-state index contributed by atoms with van der Waals surface area (Å²) in [5.41, 5.74) is 30.4. The molecule has 0 radical (unpaired) electrons. The van der Waals surface area contributed by atoms with Crippen molar-refractivity contribution < 1.29 is 51.1 Å². The van der Waals surface area contributed by atoms with Gasteiger partial charge in [-0.1, -0.05) is 30.7 Å². The highest BCUT2D eigenvalue weighted by atomic mass is 32.2. The largest absolute Gasteiger partial charge is 0.496 e. The average Bonchev–Trinajstić information content (AvgIpc) is 3.26. The molecule has 0 aliphatic heterocycles. The first-order chi connectivity index (χ1) is 29.2. The minimum absolute atomic E-state index is 0.261. The van der Waals surface area contributed by atoms with Gasteiger partial charge in [0, 0.05) is 24.3 Å². The molecule has 332 valence electrons. The Hall–Kier alpha value is -6.30. The number of amides is 1. The molecule has 61 heavy (non-hydrogen) atoms. The first-order valence-corrected chi connectivity index (χ1v) is 20.6. The highest BCUT2D eigenvalue weighted by Crippen LogP contribution is 2.43. The Morgan fingerprint density at radius 3 is 1.21 bits per heavy atom. The SMILES string of the molecule is COc1cc(OC)c(C=CC(c2ccc(OC)c(N)c2)S(=O)(=O)C(C=Cc2c(OC)cc(OC)cc2OC)c2ccc(OC)c(N)c2)c(OC)c1.NCCCC[C@H](N)C(N)=O. The third-order valence-electron chi connectivity index (χ3n) is 9.59. The highest BCUT2D eigenvalue weighted by Gasteiger charge is 2.35. The van der Waals surface area contributed by atoms with E-state index in [0.29, 0.717) is 81.2 Å². The lowest BCUT2D eigenvalue weighted by atomic mass is 10.1. The van der Waals surface area contributed by atoms with Crippen LogP contribution in [0.1, 0.15) is 52.0 Å². The van der Waals surface area contributed by atoms with Crippen LogP contribution in [0.25, 0.3) is 12.2 Å². The minimum Gasteiger partial charge on any atom is -0.496 e. The Morgan fingerprint density at radius 2 is 0.934 bits per heavy atom. The maximum Gasteiger partial charge on any atom is 0.234 e. The number of methoxy groups -OCH3 is 8. The second kappa shape index (κ2) is 23.5. The summed E-state index contributed by atoms with van der Waals surface area (Å²) in [5.74, 6) is 3.00. The number of carbonyl (C=O) groups is 1. The van der Waals surface area contributed by atoms with Gasteiger partial charge >= 0.3 is 0 Å². The number of sulfone groups is 1. The lowest BCUT2D eigenvalue weighted by Gasteiger charge is -2.23. The number of nitrogens with two attached hydrogens (primary N) is 5. The molecule has 4 rings (SSSR count). The fourth-order valence-electron chi connectivity index (χ4n) is 6.25. The van der Waals surface area contributed by atoms with Gasteiger partial charge in [0.05, 0.1) is 85.4 Å². The summed E-state index contributed by atoms with van der Waals surface area (Å²) >= 11 is 0. The fourth-order valence-corrected chi connectivity index (χ4v) is 8.21. The van der Waals surface area contributed by atoms with Crippen LogP contribution in [0, 0.1) is 0 Å². The van der Waals surface area contributed by atoms with Crippen molar-refractivity contribution in [1.82, 2.24) is 0 Å². The molecule has 3 atom stereocenters. The van der Waals surface area contributed by atoms with Crippen molar-refractivity contribution >= 4 is 39.3 Å². The molecule has 0 spiro atoms. The zero-order valence-electron chi connectivity index (χ0n) is 35.9. The van der Waals surface area contributed by atoms with Gasteiger partial charge in [-0.3, -0.25) is 4.79 Å². The third-order valence-corrected chi connectivity index (χ3v) is 11.9. The number of ether oxygens (including phenoxy) is 8. The lowest BCUT2D eigenvalue weighted by Crippen LogP contribution is -2.36. The van der Waals surface area contributed by atoms with E-state index in [1.807, 2.05) is 0 Å². The predicted octanol–water partition coefficient (Wildman–Crippen LogP) is 5.47. The van der Waals surface area contributed by atoms with E-state index in [1.54, 1.807) is 85.0 Å². The van der Waals surface area contributed by atoms with Gasteiger partial charge in [0.25, 0.3) is 0 Å². The standard InChI is InChI=1S/C38H44N2O10S.C6H15N3O/c1-43-25-19-33(47-5)27(34(20-25)48-6)11-15-37(23-9-13-31(45-3)29(39)17-23)51(41,42)38(24-10-14-32(46-4)30(40)18-24)16-12-28-35(49-7)21-26(44-2)22-36(28)50-8;7-4-2-1-3-5(8)6(9)10/h9-22,37-38H,39-40H2,1-8H3;5H,1-4,7-8H2,(H2,9,10)/t;5-/m.0/s1. The number of rotatable bonds is 21. The predicted molar refractivity (Wildman–Crippen MR) is 240 cm³/mol. The van der Waals surface area contributed by atoms with Gasteiger partial charge in [0.2, 0.25) is 5.91 Å². The maximum atomic E-state index is 15.2. The average molecular weight is 866 g/mol. The van der Waals surface area contributed by atoms with Crippen molar-refractivity contribution in [2.75, 3.05) is 74.9 Å². The molecule has 16 nitrogen and oxygen atoms in total. The van der Waals surface area contributed by atoms with E-state index in [1.165, 1.54) is 56.9 Å². The van der Waals surface area contributed by atoms with E-state index in [4.69, 9.17) is 66.6 Å². The molecule has 0 heterocycles. The second-order valence-electron chi connectivity index (χ2n) is 13.3. The highest BCUT2D eigenvalue weighted by molar-refractivity contribution is 7.92. The van der Waals surface area contributed by atoms with Gasteiger partial charge in [0.1, 0.15) is 56.5 Å². The summed E-state index contributed by atoms with van der Waals surface area (Å²) < 4.78 is 74.5. The normalized spacial score (nSPS) is 12.8. The van der Waals surface area contributed by atoms with E-state index in [9.17, 15) is 4.79 Å². The molecule has 0 aliphatic carbocycles. The minimum atomic E-state index is -4.27. The number of anilines is 2. The van der Waals surface area contributed by atoms with Gasteiger partial charge in [-0.15, -0.1) is 0 Å².